The molecule has 0 aromatic carbocycles. The molecule has 0 aromatic heterocycles. The molecule has 0 aromatic rings. The average Bonchev–Trinajstić information content (AvgIpc) is 1.56. The van der Waals surface area contributed by atoms with Crippen molar-refractivity contribution in [2.75, 3.05) is 0 Å². The van der Waals surface area contributed by atoms with Gasteiger partial charge in [0.15, 0.2) is 30.0 Å². The molecule has 0 N–H and O–H groups in total. The highest BCUT2D eigenvalue weighted by Crippen LogP contribution is 2.65. The summed E-state index contributed by atoms with van der Waals surface area (Å²) >= 11 is 0. The molecule has 0 radical (unpaired) electrons. The van der Waals surface area contributed by atoms with Crippen LogP contribution in [0.5, 0.6) is 0 Å². The molecule has 15 rings (SSSR count). The Hall–Kier alpha value is -3.26. The number of fused-ring (bicyclic) bond motifs is 5. The summed E-state index contributed by atoms with van der Waals surface area (Å²) in [6, 6.07) is 0. The molecule has 2 saturated carbocycles. The zero-order valence-electron chi connectivity index (χ0n) is 57.9. The second kappa shape index (κ2) is 25.0. The molecule has 27 unspecified atom stereocenters. The third kappa shape index (κ3) is 12.4. The van der Waals surface area contributed by atoms with Gasteiger partial charge in [-0.15, -0.1) is 0 Å². The van der Waals surface area contributed by atoms with Crippen molar-refractivity contribution in [1.82, 2.24) is 0 Å². The largest absolute Gasteiger partial charge is 0.460 e. The lowest BCUT2D eigenvalue weighted by molar-refractivity contribution is -0.171. The summed E-state index contributed by atoms with van der Waals surface area (Å²) in [7, 11) is -17.9. The maximum atomic E-state index is 12.2. The van der Waals surface area contributed by atoms with Crippen LogP contribution in [0.15, 0.2) is 0 Å². The van der Waals surface area contributed by atoms with E-state index in [1.807, 2.05) is 41.5 Å². The van der Waals surface area contributed by atoms with Crippen molar-refractivity contribution in [3.8, 4) is 0 Å². The van der Waals surface area contributed by atoms with Gasteiger partial charge in [0.05, 0.1) is 52.5 Å². The molecule has 97 heavy (non-hydrogen) atoms. The summed E-state index contributed by atoms with van der Waals surface area (Å²) < 4.78 is 195. The Balaban J connectivity index is 0.000000123. The molecule has 10 bridgehead atoms. The van der Waals surface area contributed by atoms with Crippen molar-refractivity contribution in [2.45, 2.75) is 317 Å². The van der Waals surface area contributed by atoms with Gasteiger partial charge in [0, 0.05) is 18.3 Å². The number of esters is 5. The summed E-state index contributed by atoms with van der Waals surface area (Å²) in [5.41, 5.74) is -3.78. The van der Waals surface area contributed by atoms with Crippen LogP contribution in [-0.4, -0.2) is 207 Å². The van der Waals surface area contributed by atoms with Gasteiger partial charge < -0.3 is 42.6 Å². The van der Waals surface area contributed by atoms with Crippen LogP contribution < -0.4 is 0 Å². The van der Waals surface area contributed by atoms with E-state index in [-0.39, 0.29) is 83.3 Å². The molecule has 13 saturated heterocycles. The molecule has 15 fully saturated rings. The number of hydrogen-bond acceptors (Lipinski definition) is 29. The topological polar surface area (TPSA) is 385 Å². The highest BCUT2D eigenvalue weighted by molar-refractivity contribution is 7.88. The fraction of sp³-hybridized carbons (Fsp3) is 0.921. The first kappa shape index (κ1) is 74.9. The molecular weight excluding hydrogens is 1380 g/mol. The third-order valence-corrected chi connectivity index (χ3v) is 32.6. The Morgan fingerprint density at radius 2 is 0.887 bits per heavy atom. The third-order valence-electron chi connectivity index (χ3n) is 24.0. The summed E-state index contributed by atoms with van der Waals surface area (Å²) in [6.45, 7) is 31.6. The Morgan fingerprint density at radius 1 is 0.454 bits per heavy atom. The van der Waals surface area contributed by atoms with Crippen LogP contribution >= 0.6 is 0 Å². The van der Waals surface area contributed by atoms with Crippen molar-refractivity contribution < 1.29 is 130 Å². The first-order valence-corrected chi connectivity index (χ1v) is 41.3. The molecule has 15 aliphatic rings. The van der Waals surface area contributed by atoms with E-state index in [4.69, 9.17) is 63.5 Å². The van der Waals surface area contributed by atoms with Crippen molar-refractivity contribution >= 4 is 80.4 Å². The maximum absolute atomic E-state index is 12.2. The molecule has 29 nitrogen and oxygen atoms in total. The van der Waals surface area contributed by atoms with Crippen molar-refractivity contribution in [3.63, 3.8) is 0 Å². The van der Waals surface area contributed by atoms with Crippen LogP contribution in [0, 0.1) is 45.3 Å². The average molecular weight is 1480 g/mol. The van der Waals surface area contributed by atoms with Crippen LogP contribution in [0.25, 0.3) is 0 Å². The SMILES string of the molecule is CCC(C)(C)C(=O)OC1C2CC3C(O2)C1(C)OS3(=O)=O.CCC(C)(C)C(=O)OC1C2CC3C(O2)C1OS3(=O)=O.CCC(C)(C)C(=O)OC1C2OS(=O)(=O)C3CC1(C)OC23.CCC(C)C(=O)OC1C2CC3C(O2)C1OS3(=O)=O.CCC(C)C(=O)OC1C2CC3OS(=O)(=O)C1C3C2(C)C. The fourth-order valence-electron chi connectivity index (χ4n) is 16.2. The fourth-order valence-corrected chi connectivity index (χ4v) is 25.3. The van der Waals surface area contributed by atoms with Gasteiger partial charge in [-0.05, 0) is 119 Å². The summed E-state index contributed by atoms with van der Waals surface area (Å²) in [4.78, 5) is 60.3. The molecule has 552 valence electrons. The summed E-state index contributed by atoms with van der Waals surface area (Å²) in [5, 5.41) is -3.07. The Bertz CT molecular complexity index is 3710. The standard InChI is InChI=1S/C14H22O5S.2C13H20O6S.C12H18O6S.C11H16O6S/c1-5-7(2)13(15)18-11-8-6-9-10(14(8,3)4)12(11)20(16,17)19-9;1-5-12(2,3)11(14)17-10-9-8-7(20(15,16)19-9)6-13(10,4)18-8;1-5-12(2,3)11(14)18-9-7-6-8-10(17-7)13(9,4)19-20(8,15)16;1-4-12(2,3)11(13)17-8-6-5-7-9(16-6)10(8)18-19(7,14)15;1-3-5(2)11(12)16-8-6-4-7-9(15-6)10(8)17-18(7,13)14/h7-12H,5-6H2,1-4H3;2*7-10H,5-6H2,1-4H3;6-10H,4-5H2,1-3H3;5-10H,3-4H2,1-2H3. The van der Waals surface area contributed by atoms with E-state index in [1.54, 1.807) is 62.3 Å². The van der Waals surface area contributed by atoms with E-state index in [0.29, 0.717) is 64.2 Å². The van der Waals surface area contributed by atoms with E-state index >= 15 is 0 Å². The first-order valence-electron chi connectivity index (χ1n) is 33.9. The lowest BCUT2D eigenvalue weighted by atomic mass is 9.81. The minimum atomic E-state index is -3.62. The predicted molar refractivity (Wildman–Crippen MR) is 336 cm³/mol. The highest BCUT2D eigenvalue weighted by Gasteiger charge is 2.77. The number of rotatable bonds is 15. The van der Waals surface area contributed by atoms with E-state index in [9.17, 15) is 66.1 Å². The lowest BCUT2D eigenvalue weighted by Gasteiger charge is -2.33. The zero-order chi connectivity index (χ0) is 71.8. The zero-order valence-corrected chi connectivity index (χ0v) is 62.0. The van der Waals surface area contributed by atoms with Gasteiger partial charge in [0.2, 0.25) is 0 Å². The van der Waals surface area contributed by atoms with E-state index in [1.165, 1.54) is 0 Å². The maximum Gasteiger partial charge on any atom is 0.311 e. The minimum absolute atomic E-state index is 0.0489. The van der Waals surface area contributed by atoms with Crippen molar-refractivity contribution in [2.24, 2.45) is 45.3 Å². The highest BCUT2D eigenvalue weighted by atomic mass is 32.2. The Kier molecular flexibility index (Phi) is 19.3. The van der Waals surface area contributed by atoms with Gasteiger partial charge in [-0.1, -0.05) is 62.3 Å². The summed E-state index contributed by atoms with van der Waals surface area (Å²) in [5.74, 6) is -1.99. The molecule has 0 spiro atoms. The number of ether oxygens (including phenoxy) is 9. The Labute approximate surface area is 569 Å². The van der Waals surface area contributed by atoms with E-state index in [2.05, 4.69) is 13.8 Å². The smallest absolute Gasteiger partial charge is 0.311 e. The Morgan fingerprint density at radius 3 is 1.37 bits per heavy atom. The second-order valence-electron chi connectivity index (χ2n) is 31.7. The number of carbonyl (C=O) groups is 5. The van der Waals surface area contributed by atoms with Crippen LogP contribution in [0.1, 0.15) is 182 Å². The van der Waals surface area contributed by atoms with Gasteiger partial charge in [0.25, 0.3) is 50.6 Å². The minimum Gasteiger partial charge on any atom is -0.460 e. The molecule has 0 amide bonds. The monoisotopic (exact) mass is 1480 g/mol. The van der Waals surface area contributed by atoms with Gasteiger partial charge in [-0.25, -0.2) is 0 Å². The van der Waals surface area contributed by atoms with E-state index < -0.39 is 178 Å². The predicted octanol–water partition coefficient (Wildman–Crippen LogP) is 4.52. The second-order valence-corrected chi connectivity index (χ2v) is 40.5. The lowest BCUT2D eigenvalue weighted by Crippen LogP contribution is -2.52. The molecule has 2 aliphatic carbocycles. The first-order chi connectivity index (χ1) is 44.6. The number of hydrogen-bond donors (Lipinski definition) is 0. The quantitative estimate of drug-likeness (QED) is 0.123. The van der Waals surface area contributed by atoms with Gasteiger partial charge >= 0.3 is 29.8 Å². The van der Waals surface area contributed by atoms with Gasteiger partial charge in [0.1, 0.15) is 80.7 Å². The van der Waals surface area contributed by atoms with Crippen LogP contribution in [-0.2, 0) is 138 Å². The molecule has 34 heteroatoms. The van der Waals surface area contributed by atoms with Gasteiger partial charge in [-0.3, -0.25) is 44.9 Å². The molecule has 13 heterocycles. The molecular formula is C63H96O29S5. The van der Waals surface area contributed by atoms with Crippen molar-refractivity contribution in [1.29, 1.82) is 0 Å². The van der Waals surface area contributed by atoms with Crippen LogP contribution in [0.3, 0.4) is 0 Å². The van der Waals surface area contributed by atoms with Crippen molar-refractivity contribution in [3.05, 3.63) is 0 Å². The van der Waals surface area contributed by atoms with Crippen LogP contribution in [0.4, 0.5) is 0 Å². The van der Waals surface area contributed by atoms with Gasteiger partial charge in [-0.2, -0.15) is 42.1 Å². The number of carbonyl (C=O) groups excluding carboxylic acids is 5. The summed E-state index contributed by atoms with van der Waals surface area (Å²) in [6.07, 6.45) is -2.92. The van der Waals surface area contributed by atoms with E-state index in [0.717, 1.165) is 0 Å². The molecule has 13 aliphatic heterocycles. The van der Waals surface area contributed by atoms with Crippen LogP contribution in [0.2, 0.25) is 0 Å². The molecule has 27 atom stereocenters. The normalized spacial score (nSPS) is 44.4.